The molecule has 0 bridgehead atoms. The van der Waals surface area contributed by atoms with Crippen molar-refractivity contribution in [2.24, 2.45) is 0 Å². The maximum Gasteiger partial charge on any atom is 0.286 e. The molecular weight excluding hydrogens is 260 g/mol. The van der Waals surface area contributed by atoms with Crippen LogP contribution in [0, 0.1) is 13.8 Å². The summed E-state index contributed by atoms with van der Waals surface area (Å²) in [6.07, 6.45) is 0. The van der Waals surface area contributed by atoms with Gasteiger partial charge in [-0.25, -0.2) is 0 Å². The first-order chi connectivity index (χ1) is 9.08. The second kappa shape index (κ2) is 5.79. The third-order valence-corrected chi connectivity index (χ3v) is 3.31. The van der Waals surface area contributed by atoms with Gasteiger partial charge in [-0.05, 0) is 44.0 Å². The van der Waals surface area contributed by atoms with Crippen LogP contribution in [0.15, 0.2) is 18.2 Å². The molecule has 0 saturated heterocycles. The quantitative estimate of drug-likeness (QED) is 0.901. The van der Waals surface area contributed by atoms with Crippen molar-refractivity contribution in [2.45, 2.75) is 20.8 Å². The van der Waals surface area contributed by atoms with E-state index in [0.717, 1.165) is 23.4 Å². The summed E-state index contributed by atoms with van der Waals surface area (Å²) in [4.78, 5) is 12.0. The van der Waals surface area contributed by atoms with Crippen LogP contribution in [0.3, 0.4) is 0 Å². The van der Waals surface area contributed by atoms with Crippen molar-refractivity contribution in [3.63, 3.8) is 0 Å². The molecule has 6 heteroatoms. The van der Waals surface area contributed by atoms with Crippen LogP contribution < -0.4 is 10.6 Å². The number of benzene rings is 1. The summed E-state index contributed by atoms with van der Waals surface area (Å²) in [5.74, 6) is -0.230. The van der Waals surface area contributed by atoms with Gasteiger partial charge in [0, 0.05) is 12.2 Å². The molecule has 0 spiro atoms. The predicted octanol–water partition coefficient (Wildman–Crippen LogP) is 2.84. The molecule has 1 heterocycles. The van der Waals surface area contributed by atoms with E-state index in [1.54, 1.807) is 0 Å². The largest absolute Gasteiger partial charge is 0.360 e. The first kappa shape index (κ1) is 13.5. The van der Waals surface area contributed by atoms with Crippen LogP contribution in [-0.2, 0) is 0 Å². The third kappa shape index (κ3) is 3.51. The zero-order chi connectivity index (χ0) is 13.8. The van der Waals surface area contributed by atoms with Gasteiger partial charge in [0.15, 0.2) is 0 Å². The van der Waals surface area contributed by atoms with Crippen LogP contribution >= 0.6 is 11.3 Å². The molecule has 0 aliphatic carbocycles. The molecule has 2 N–H and O–H groups in total. The fourth-order valence-corrected chi connectivity index (χ4v) is 2.48. The van der Waals surface area contributed by atoms with E-state index in [1.165, 1.54) is 11.3 Å². The highest BCUT2D eigenvalue weighted by atomic mass is 32.1. The second-order valence-corrected chi connectivity index (χ2v) is 5.25. The number of carbonyl (C=O) groups is 1. The molecule has 0 radical (unpaired) electrons. The highest BCUT2D eigenvalue weighted by Gasteiger charge is 2.12. The van der Waals surface area contributed by atoms with E-state index >= 15 is 0 Å². The van der Waals surface area contributed by atoms with Gasteiger partial charge in [-0.1, -0.05) is 17.4 Å². The van der Waals surface area contributed by atoms with E-state index in [-0.39, 0.29) is 5.91 Å². The molecule has 2 rings (SSSR count). The maximum absolute atomic E-state index is 12.0. The Morgan fingerprint density at radius 2 is 1.89 bits per heavy atom. The minimum atomic E-state index is -0.230. The molecule has 100 valence electrons. The van der Waals surface area contributed by atoms with Gasteiger partial charge in [0.1, 0.15) is 0 Å². The summed E-state index contributed by atoms with van der Waals surface area (Å²) in [5.41, 5.74) is 3.00. The normalized spacial score (nSPS) is 10.3. The monoisotopic (exact) mass is 276 g/mol. The molecular formula is C13H16N4OS. The van der Waals surface area contributed by atoms with Gasteiger partial charge in [0.25, 0.3) is 5.91 Å². The molecule has 0 atom stereocenters. The van der Waals surface area contributed by atoms with Crippen LogP contribution in [0.2, 0.25) is 0 Å². The third-order valence-electron chi connectivity index (χ3n) is 2.43. The minimum Gasteiger partial charge on any atom is -0.360 e. The summed E-state index contributed by atoms with van der Waals surface area (Å²) in [6.45, 7) is 6.72. The number of rotatable bonds is 4. The Kier molecular flexibility index (Phi) is 4.11. The molecule has 0 aliphatic rings. The Labute approximate surface area is 116 Å². The van der Waals surface area contributed by atoms with Gasteiger partial charge >= 0.3 is 0 Å². The number of hydrogen-bond donors (Lipinski definition) is 2. The molecule has 0 unspecified atom stereocenters. The van der Waals surface area contributed by atoms with E-state index in [1.807, 2.05) is 32.9 Å². The molecule has 0 aliphatic heterocycles. The van der Waals surface area contributed by atoms with Crippen molar-refractivity contribution in [3.05, 3.63) is 34.3 Å². The molecule has 1 aromatic heterocycles. The average Bonchev–Trinajstić information content (AvgIpc) is 2.76. The molecule has 5 nitrogen and oxygen atoms in total. The zero-order valence-corrected chi connectivity index (χ0v) is 12.0. The van der Waals surface area contributed by atoms with Crippen molar-refractivity contribution in [3.8, 4) is 0 Å². The van der Waals surface area contributed by atoms with Gasteiger partial charge in [-0.15, -0.1) is 10.2 Å². The summed E-state index contributed by atoms with van der Waals surface area (Å²) in [7, 11) is 0. The number of hydrogen-bond acceptors (Lipinski definition) is 5. The molecule has 19 heavy (non-hydrogen) atoms. The van der Waals surface area contributed by atoms with Crippen LogP contribution in [0.5, 0.6) is 0 Å². The lowest BCUT2D eigenvalue weighted by molar-refractivity contribution is 0.102. The lowest BCUT2D eigenvalue weighted by Crippen LogP contribution is -2.11. The Morgan fingerprint density at radius 3 is 2.53 bits per heavy atom. The van der Waals surface area contributed by atoms with Crippen molar-refractivity contribution in [2.75, 3.05) is 17.2 Å². The van der Waals surface area contributed by atoms with Crippen LogP contribution in [0.1, 0.15) is 27.9 Å². The Hall–Kier alpha value is -1.95. The first-order valence-electron chi connectivity index (χ1n) is 6.05. The van der Waals surface area contributed by atoms with E-state index in [4.69, 9.17) is 0 Å². The second-order valence-electron chi connectivity index (χ2n) is 4.27. The van der Waals surface area contributed by atoms with Crippen LogP contribution in [0.4, 0.5) is 10.8 Å². The van der Waals surface area contributed by atoms with Crippen molar-refractivity contribution in [1.82, 2.24) is 10.2 Å². The average molecular weight is 276 g/mol. The predicted molar refractivity (Wildman–Crippen MR) is 77.9 cm³/mol. The van der Waals surface area contributed by atoms with Gasteiger partial charge in [-0.3, -0.25) is 4.79 Å². The number of carbonyl (C=O) groups excluding carboxylic acids is 1. The number of aromatic nitrogens is 2. The van der Waals surface area contributed by atoms with Gasteiger partial charge in [0.2, 0.25) is 10.1 Å². The van der Waals surface area contributed by atoms with Gasteiger partial charge < -0.3 is 10.6 Å². The number of amides is 1. The minimum absolute atomic E-state index is 0.230. The van der Waals surface area contributed by atoms with Gasteiger partial charge in [-0.2, -0.15) is 0 Å². The SMILES string of the molecule is CCNc1nnc(C(=O)Nc2cc(C)cc(C)c2)s1. The highest BCUT2D eigenvalue weighted by Crippen LogP contribution is 2.18. The molecule has 1 aromatic carbocycles. The molecule has 1 amide bonds. The summed E-state index contributed by atoms with van der Waals surface area (Å²) in [5, 5.41) is 14.7. The first-order valence-corrected chi connectivity index (χ1v) is 6.87. The van der Waals surface area contributed by atoms with Crippen LogP contribution in [-0.4, -0.2) is 22.6 Å². The number of nitrogens with zero attached hydrogens (tertiary/aromatic N) is 2. The Bertz CT molecular complexity index is 574. The van der Waals surface area contributed by atoms with Crippen molar-refractivity contribution in [1.29, 1.82) is 0 Å². The number of anilines is 2. The topological polar surface area (TPSA) is 66.9 Å². The fourth-order valence-electron chi connectivity index (χ4n) is 1.77. The Balaban J connectivity index is 2.11. The standard InChI is InChI=1S/C13H16N4OS/c1-4-14-13-17-16-12(19-13)11(18)15-10-6-8(2)5-9(3)7-10/h5-7H,4H2,1-3H3,(H,14,17)(H,15,18). The van der Waals surface area contributed by atoms with Crippen molar-refractivity contribution < 1.29 is 4.79 Å². The van der Waals surface area contributed by atoms with E-state index in [0.29, 0.717) is 10.1 Å². The zero-order valence-electron chi connectivity index (χ0n) is 11.2. The van der Waals surface area contributed by atoms with Gasteiger partial charge in [0.05, 0.1) is 0 Å². The maximum atomic E-state index is 12.0. The van der Waals surface area contributed by atoms with E-state index in [2.05, 4.69) is 26.9 Å². The Morgan fingerprint density at radius 1 is 1.21 bits per heavy atom. The smallest absolute Gasteiger partial charge is 0.286 e. The van der Waals surface area contributed by atoms with Crippen LogP contribution in [0.25, 0.3) is 0 Å². The van der Waals surface area contributed by atoms with E-state index < -0.39 is 0 Å². The summed E-state index contributed by atoms with van der Waals surface area (Å²) < 4.78 is 0. The number of aryl methyl sites for hydroxylation is 2. The fraction of sp³-hybridized carbons (Fsp3) is 0.308. The van der Waals surface area contributed by atoms with E-state index in [9.17, 15) is 4.79 Å². The highest BCUT2D eigenvalue weighted by molar-refractivity contribution is 7.17. The number of nitrogens with one attached hydrogen (secondary N) is 2. The molecule has 2 aromatic rings. The lowest BCUT2D eigenvalue weighted by atomic mass is 10.1. The molecule has 0 saturated carbocycles. The molecule has 0 fully saturated rings. The van der Waals surface area contributed by atoms with Crippen molar-refractivity contribution >= 4 is 28.1 Å². The lowest BCUT2D eigenvalue weighted by Gasteiger charge is -2.05. The summed E-state index contributed by atoms with van der Waals surface area (Å²) in [6, 6.07) is 5.91. The summed E-state index contributed by atoms with van der Waals surface area (Å²) >= 11 is 1.25.